The van der Waals surface area contributed by atoms with E-state index in [2.05, 4.69) is 4.72 Å². The monoisotopic (exact) mass is 396 g/mol. The molecule has 2 aromatic rings. The molecular formula is C18H21FN2O5S. The number of hydrogen-bond donors (Lipinski definition) is 1. The van der Waals surface area contributed by atoms with E-state index >= 15 is 0 Å². The van der Waals surface area contributed by atoms with Gasteiger partial charge in [0, 0.05) is 19.2 Å². The van der Waals surface area contributed by atoms with E-state index < -0.39 is 21.7 Å². The maximum atomic E-state index is 13.8. The summed E-state index contributed by atoms with van der Waals surface area (Å²) in [7, 11) is 1.72. The third kappa shape index (κ3) is 4.55. The predicted molar refractivity (Wildman–Crippen MR) is 98.0 cm³/mol. The third-order valence-electron chi connectivity index (χ3n) is 3.95. The first-order chi connectivity index (χ1) is 12.7. The molecule has 146 valence electrons. The van der Waals surface area contributed by atoms with Gasteiger partial charge in [-0.3, -0.25) is 4.79 Å². The Bertz CT molecular complexity index is 947. The van der Waals surface area contributed by atoms with Crippen molar-refractivity contribution in [3.05, 3.63) is 53.3 Å². The number of halogens is 1. The van der Waals surface area contributed by atoms with Crippen LogP contribution < -0.4 is 14.2 Å². The lowest BCUT2D eigenvalue weighted by atomic mass is 10.1. The quantitative estimate of drug-likeness (QED) is 0.774. The second-order valence-corrected chi connectivity index (χ2v) is 7.56. The smallest absolute Gasteiger partial charge is 0.253 e. The molecule has 0 radical (unpaired) electrons. The zero-order valence-corrected chi connectivity index (χ0v) is 16.3. The summed E-state index contributed by atoms with van der Waals surface area (Å²) in [6.07, 6.45) is 0. The summed E-state index contributed by atoms with van der Waals surface area (Å²) in [5, 5.41) is 0. The zero-order valence-electron chi connectivity index (χ0n) is 15.4. The Labute approximate surface area is 157 Å². The van der Waals surface area contributed by atoms with Gasteiger partial charge in [-0.2, -0.15) is 0 Å². The number of methoxy groups -OCH3 is 2. The van der Waals surface area contributed by atoms with Crippen LogP contribution in [0.1, 0.15) is 15.9 Å². The van der Waals surface area contributed by atoms with E-state index in [0.717, 1.165) is 0 Å². The summed E-state index contributed by atoms with van der Waals surface area (Å²) in [4.78, 5) is 13.9. The molecule has 0 aliphatic rings. The molecule has 0 unspecified atom stereocenters. The van der Waals surface area contributed by atoms with Gasteiger partial charge in [-0.15, -0.1) is 0 Å². The number of nitrogens with one attached hydrogen (secondary N) is 1. The van der Waals surface area contributed by atoms with E-state index in [1.54, 1.807) is 13.1 Å². The number of amides is 1. The number of benzene rings is 2. The Balaban J connectivity index is 2.29. The van der Waals surface area contributed by atoms with E-state index in [4.69, 9.17) is 9.47 Å². The molecule has 27 heavy (non-hydrogen) atoms. The highest BCUT2D eigenvalue weighted by atomic mass is 32.2. The highest BCUT2D eigenvalue weighted by Crippen LogP contribution is 2.25. The molecule has 0 bridgehead atoms. The molecule has 0 saturated heterocycles. The van der Waals surface area contributed by atoms with Gasteiger partial charge in [0.15, 0.2) is 11.6 Å². The van der Waals surface area contributed by atoms with Gasteiger partial charge in [-0.05, 0) is 42.9 Å². The van der Waals surface area contributed by atoms with Crippen molar-refractivity contribution in [1.82, 2.24) is 9.62 Å². The number of carbonyl (C=O) groups is 1. The number of rotatable bonds is 7. The lowest BCUT2D eigenvalue weighted by Gasteiger charge is -2.19. The van der Waals surface area contributed by atoms with Crippen LogP contribution in [0, 0.1) is 5.82 Å². The molecule has 0 saturated carbocycles. The fourth-order valence-corrected chi connectivity index (χ4v) is 3.42. The minimum atomic E-state index is -3.80. The van der Waals surface area contributed by atoms with Crippen LogP contribution in [0.25, 0.3) is 0 Å². The molecule has 7 nitrogen and oxygen atoms in total. The van der Waals surface area contributed by atoms with Crippen molar-refractivity contribution >= 4 is 15.9 Å². The Hall–Kier alpha value is -2.65. The van der Waals surface area contributed by atoms with Crippen molar-refractivity contribution in [3.8, 4) is 11.5 Å². The van der Waals surface area contributed by atoms with Gasteiger partial charge in [0.05, 0.1) is 14.2 Å². The van der Waals surface area contributed by atoms with Crippen LogP contribution in [0.2, 0.25) is 0 Å². The SMILES string of the molecule is CNS(=O)(=O)c1cc(C(=O)N(C)Cc2ccc(OC)c(F)c2)ccc1OC. The van der Waals surface area contributed by atoms with Crippen LogP contribution in [0.4, 0.5) is 4.39 Å². The van der Waals surface area contributed by atoms with Crippen LogP contribution in [0.3, 0.4) is 0 Å². The molecule has 9 heteroatoms. The Morgan fingerprint density at radius 1 is 1.11 bits per heavy atom. The minimum Gasteiger partial charge on any atom is -0.495 e. The molecule has 1 N–H and O–H groups in total. The average molecular weight is 396 g/mol. The maximum Gasteiger partial charge on any atom is 0.253 e. The molecule has 0 aromatic heterocycles. The lowest BCUT2D eigenvalue weighted by Crippen LogP contribution is -2.27. The molecule has 0 aliphatic heterocycles. The molecule has 2 aromatic carbocycles. The van der Waals surface area contributed by atoms with Gasteiger partial charge < -0.3 is 14.4 Å². The average Bonchev–Trinajstić information content (AvgIpc) is 2.67. The van der Waals surface area contributed by atoms with Crippen LogP contribution in [-0.4, -0.2) is 47.5 Å². The first-order valence-corrected chi connectivity index (χ1v) is 9.41. The molecule has 0 heterocycles. The summed E-state index contributed by atoms with van der Waals surface area (Å²) in [5.41, 5.74) is 0.738. The molecule has 1 amide bonds. The van der Waals surface area contributed by atoms with Crippen LogP contribution >= 0.6 is 0 Å². The standard InChI is InChI=1S/C18H21FN2O5S/c1-20-27(23,24)17-10-13(6-8-16(17)26-4)18(22)21(2)11-12-5-7-15(25-3)14(19)9-12/h5-10,20H,11H2,1-4H3. The molecule has 2 rings (SSSR count). The Kier molecular flexibility index (Phi) is 6.40. The maximum absolute atomic E-state index is 13.8. The van der Waals surface area contributed by atoms with E-state index in [1.807, 2.05) is 0 Å². The van der Waals surface area contributed by atoms with Gasteiger partial charge in [-0.1, -0.05) is 6.07 Å². The normalized spacial score (nSPS) is 11.1. The first-order valence-electron chi connectivity index (χ1n) is 7.93. The fourth-order valence-electron chi connectivity index (χ4n) is 2.50. The van der Waals surface area contributed by atoms with Gasteiger partial charge in [0.25, 0.3) is 5.91 Å². The van der Waals surface area contributed by atoms with Gasteiger partial charge in [0.2, 0.25) is 10.0 Å². The van der Waals surface area contributed by atoms with E-state index in [1.165, 1.54) is 56.5 Å². The lowest BCUT2D eigenvalue weighted by molar-refractivity contribution is 0.0784. The van der Waals surface area contributed by atoms with Gasteiger partial charge >= 0.3 is 0 Å². The largest absolute Gasteiger partial charge is 0.495 e. The summed E-state index contributed by atoms with van der Waals surface area (Å²) < 4.78 is 50.2. The van der Waals surface area contributed by atoms with Crippen molar-refractivity contribution in [2.45, 2.75) is 11.4 Å². The predicted octanol–water partition coefficient (Wildman–Crippen LogP) is 2.02. The fraction of sp³-hybridized carbons (Fsp3) is 0.278. The molecule has 0 spiro atoms. The van der Waals surface area contributed by atoms with Gasteiger partial charge in [-0.25, -0.2) is 17.5 Å². The second-order valence-electron chi connectivity index (χ2n) is 5.70. The topological polar surface area (TPSA) is 84.9 Å². The number of sulfonamides is 1. The van der Waals surface area contributed by atoms with E-state index in [-0.39, 0.29) is 28.5 Å². The summed E-state index contributed by atoms with van der Waals surface area (Å²) in [6.45, 7) is 0.139. The molecule has 0 aliphatic carbocycles. The number of nitrogens with zero attached hydrogens (tertiary/aromatic N) is 1. The number of carbonyl (C=O) groups excluding carboxylic acids is 1. The summed E-state index contributed by atoms with van der Waals surface area (Å²) in [6, 6.07) is 8.55. The van der Waals surface area contributed by atoms with Crippen LogP contribution in [-0.2, 0) is 16.6 Å². The van der Waals surface area contributed by atoms with Crippen molar-refractivity contribution < 1.29 is 27.1 Å². The third-order valence-corrected chi connectivity index (χ3v) is 5.39. The molecule has 0 atom stereocenters. The van der Waals surface area contributed by atoms with Crippen molar-refractivity contribution in [1.29, 1.82) is 0 Å². The zero-order chi connectivity index (χ0) is 20.2. The number of ether oxygens (including phenoxy) is 2. The highest BCUT2D eigenvalue weighted by molar-refractivity contribution is 7.89. The van der Waals surface area contributed by atoms with Crippen molar-refractivity contribution in [3.63, 3.8) is 0 Å². The first kappa shape index (κ1) is 20.7. The Morgan fingerprint density at radius 2 is 1.74 bits per heavy atom. The van der Waals surface area contributed by atoms with Crippen LogP contribution in [0.5, 0.6) is 11.5 Å². The second kappa shape index (κ2) is 8.36. The molecule has 0 fully saturated rings. The minimum absolute atomic E-state index is 0.116. The van der Waals surface area contributed by atoms with E-state index in [9.17, 15) is 17.6 Å². The Morgan fingerprint density at radius 3 is 2.30 bits per heavy atom. The highest BCUT2D eigenvalue weighted by Gasteiger charge is 2.21. The van der Waals surface area contributed by atoms with E-state index in [0.29, 0.717) is 5.56 Å². The molecular weight excluding hydrogens is 375 g/mol. The summed E-state index contributed by atoms with van der Waals surface area (Å²) in [5.74, 6) is -0.699. The van der Waals surface area contributed by atoms with Crippen molar-refractivity contribution in [2.24, 2.45) is 0 Å². The van der Waals surface area contributed by atoms with Gasteiger partial charge in [0.1, 0.15) is 10.6 Å². The number of hydrogen-bond acceptors (Lipinski definition) is 5. The van der Waals surface area contributed by atoms with Crippen molar-refractivity contribution in [2.75, 3.05) is 28.3 Å². The van der Waals surface area contributed by atoms with Crippen LogP contribution in [0.15, 0.2) is 41.3 Å². The summed E-state index contributed by atoms with van der Waals surface area (Å²) >= 11 is 0.